The fraction of sp³-hybridized carbons (Fsp3) is 0.435. The number of halogens is 1. The molecule has 1 aliphatic heterocycles. The average molecular weight is 537 g/mol. The first-order chi connectivity index (χ1) is 14.6. The van der Waals surface area contributed by atoms with Gasteiger partial charge in [-0.05, 0) is 42.9 Å². The molecule has 1 aliphatic rings. The first-order valence-corrected chi connectivity index (χ1v) is 10.6. The molecule has 1 aromatic carbocycles. The van der Waals surface area contributed by atoms with Crippen LogP contribution in [-0.2, 0) is 17.9 Å². The zero-order valence-electron chi connectivity index (χ0n) is 18.0. The molecule has 1 unspecified atom stereocenters. The smallest absolute Gasteiger partial charge is 0.217 e. The van der Waals surface area contributed by atoms with Crippen LogP contribution in [0.15, 0.2) is 53.7 Å². The zero-order chi connectivity index (χ0) is 21.2. The fourth-order valence-electron chi connectivity index (χ4n) is 3.66. The molecule has 1 fully saturated rings. The van der Waals surface area contributed by atoms with Crippen LogP contribution in [0.4, 0.5) is 0 Å². The van der Waals surface area contributed by atoms with E-state index >= 15 is 0 Å². The van der Waals surface area contributed by atoms with Gasteiger partial charge in [0.05, 0.1) is 6.54 Å². The molecular formula is C23H32IN5O2. The maximum Gasteiger partial charge on any atom is 0.217 e. The highest BCUT2D eigenvalue weighted by Crippen LogP contribution is 2.20. The van der Waals surface area contributed by atoms with Gasteiger partial charge in [-0.2, -0.15) is 0 Å². The van der Waals surface area contributed by atoms with E-state index < -0.39 is 0 Å². The fourth-order valence-corrected chi connectivity index (χ4v) is 3.66. The Bertz CT molecular complexity index is 847. The second-order valence-electron chi connectivity index (χ2n) is 7.57. The van der Waals surface area contributed by atoms with E-state index in [1.165, 1.54) is 0 Å². The minimum Gasteiger partial charge on any atom is -0.473 e. The summed E-state index contributed by atoms with van der Waals surface area (Å²) in [6, 6.07) is 13.9. The topological polar surface area (TPSA) is 92.8 Å². The van der Waals surface area contributed by atoms with E-state index in [1.54, 1.807) is 6.20 Å². The third kappa shape index (κ3) is 8.35. The molecule has 1 aromatic heterocycles. The number of primary amides is 1. The normalized spacial score (nSPS) is 16.4. The molecule has 0 spiro atoms. The monoisotopic (exact) mass is 537 g/mol. The highest BCUT2D eigenvalue weighted by Gasteiger charge is 2.23. The molecule has 2 aromatic rings. The van der Waals surface area contributed by atoms with Crippen molar-refractivity contribution in [2.24, 2.45) is 16.6 Å². The molecule has 0 aliphatic carbocycles. The predicted octanol–water partition coefficient (Wildman–Crippen LogP) is 3.33. The van der Waals surface area contributed by atoms with Crippen molar-refractivity contribution in [1.29, 1.82) is 0 Å². The van der Waals surface area contributed by atoms with E-state index in [2.05, 4.69) is 22.1 Å². The van der Waals surface area contributed by atoms with Gasteiger partial charge in [-0.15, -0.1) is 24.0 Å². The maximum atomic E-state index is 11.3. The first kappa shape index (κ1) is 24.9. The maximum absolute atomic E-state index is 11.3. The lowest BCUT2D eigenvalue weighted by Crippen LogP contribution is -2.47. The number of aromatic nitrogens is 1. The van der Waals surface area contributed by atoms with E-state index in [9.17, 15) is 4.79 Å². The summed E-state index contributed by atoms with van der Waals surface area (Å²) in [4.78, 5) is 22.6. The number of nitrogens with two attached hydrogens (primary N) is 1. The van der Waals surface area contributed by atoms with Gasteiger partial charge < -0.3 is 20.7 Å². The number of hydrogen-bond donors (Lipinski definition) is 2. The van der Waals surface area contributed by atoms with E-state index in [1.807, 2.05) is 42.5 Å². The van der Waals surface area contributed by atoms with Crippen molar-refractivity contribution in [3.8, 4) is 5.88 Å². The summed E-state index contributed by atoms with van der Waals surface area (Å²) in [5.74, 6) is 1.52. The molecule has 1 atom stereocenters. The van der Waals surface area contributed by atoms with Gasteiger partial charge in [0, 0.05) is 38.3 Å². The number of benzene rings is 1. The Morgan fingerprint density at radius 3 is 2.84 bits per heavy atom. The predicted molar refractivity (Wildman–Crippen MR) is 133 cm³/mol. The minimum atomic E-state index is -0.233. The Labute approximate surface area is 201 Å². The Morgan fingerprint density at radius 2 is 2.10 bits per heavy atom. The van der Waals surface area contributed by atoms with Gasteiger partial charge >= 0.3 is 0 Å². The van der Waals surface area contributed by atoms with Gasteiger partial charge in [0.25, 0.3) is 0 Å². The standard InChI is InChI=1S/C23H31N5O2.HI/c1-2-25-23(28-12-6-9-20(16-28)13-21(24)29)27-15-19-10-11-26-22(14-19)30-17-18-7-4-3-5-8-18;/h3-5,7-8,10-11,14,20H,2,6,9,12-13,15-17H2,1H3,(H2,24,29)(H,25,27);1H. The number of hydrogen-bond acceptors (Lipinski definition) is 4. The molecule has 0 saturated carbocycles. The van der Waals surface area contributed by atoms with Crippen LogP contribution in [0.25, 0.3) is 0 Å². The number of rotatable bonds is 8. The average Bonchev–Trinajstić information content (AvgIpc) is 2.76. The summed E-state index contributed by atoms with van der Waals surface area (Å²) >= 11 is 0. The lowest BCUT2D eigenvalue weighted by atomic mass is 9.95. The van der Waals surface area contributed by atoms with Crippen molar-refractivity contribution in [3.63, 3.8) is 0 Å². The Kier molecular flexibility index (Phi) is 10.6. The van der Waals surface area contributed by atoms with Gasteiger partial charge in [-0.3, -0.25) is 4.79 Å². The second-order valence-corrected chi connectivity index (χ2v) is 7.57. The third-order valence-electron chi connectivity index (χ3n) is 5.08. The van der Waals surface area contributed by atoms with Crippen molar-refractivity contribution >= 4 is 35.8 Å². The Morgan fingerprint density at radius 1 is 1.29 bits per heavy atom. The molecule has 3 N–H and O–H groups in total. The van der Waals surface area contributed by atoms with Crippen LogP contribution >= 0.6 is 24.0 Å². The lowest BCUT2D eigenvalue weighted by Gasteiger charge is -2.34. The van der Waals surface area contributed by atoms with Crippen molar-refractivity contribution in [2.45, 2.75) is 39.3 Å². The summed E-state index contributed by atoms with van der Waals surface area (Å²) < 4.78 is 5.82. The van der Waals surface area contributed by atoms with Crippen LogP contribution in [0.1, 0.15) is 37.3 Å². The van der Waals surface area contributed by atoms with E-state index in [0.29, 0.717) is 31.4 Å². The van der Waals surface area contributed by atoms with Crippen LogP contribution in [0.3, 0.4) is 0 Å². The van der Waals surface area contributed by atoms with Crippen molar-refractivity contribution < 1.29 is 9.53 Å². The summed E-state index contributed by atoms with van der Waals surface area (Å²) in [5, 5.41) is 3.37. The largest absolute Gasteiger partial charge is 0.473 e. The van der Waals surface area contributed by atoms with Gasteiger partial charge in [-0.25, -0.2) is 9.98 Å². The quantitative estimate of drug-likeness (QED) is 0.306. The van der Waals surface area contributed by atoms with Crippen LogP contribution in [0.2, 0.25) is 0 Å². The molecule has 1 saturated heterocycles. The number of carbonyl (C=O) groups is 1. The number of nitrogens with zero attached hydrogens (tertiary/aromatic N) is 3. The number of nitrogens with one attached hydrogen (secondary N) is 1. The van der Waals surface area contributed by atoms with Gasteiger partial charge in [0.1, 0.15) is 6.61 Å². The molecule has 1 amide bonds. The number of amides is 1. The molecule has 31 heavy (non-hydrogen) atoms. The van der Waals surface area contributed by atoms with Crippen molar-refractivity contribution in [3.05, 3.63) is 59.8 Å². The van der Waals surface area contributed by atoms with Gasteiger partial charge in [0.15, 0.2) is 5.96 Å². The number of piperidine rings is 1. The molecule has 8 heteroatoms. The number of pyridine rings is 1. The van der Waals surface area contributed by atoms with Crippen molar-refractivity contribution in [1.82, 2.24) is 15.2 Å². The van der Waals surface area contributed by atoms with Crippen LogP contribution in [0, 0.1) is 5.92 Å². The molecule has 0 radical (unpaired) electrons. The summed E-state index contributed by atoms with van der Waals surface area (Å²) in [7, 11) is 0. The third-order valence-corrected chi connectivity index (χ3v) is 5.08. The molecule has 168 valence electrons. The minimum absolute atomic E-state index is 0. The lowest BCUT2D eigenvalue weighted by molar-refractivity contribution is -0.119. The van der Waals surface area contributed by atoms with Gasteiger partial charge in [-0.1, -0.05) is 30.3 Å². The molecule has 3 rings (SSSR count). The highest BCUT2D eigenvalue weighted by atomic mass is 127. The second kappa shape index (κ2) is 13.1. The molecule has 2 heterocycles. The summed E-state index contributed by atoms with van der Waals surface area (Å²) in [6.07, 6.45) is 4.25. The number of ether oxygens (including phenoxy) is 1. The van der Waals surface area contributed by atoms with Gasteiger partial charge in [0.2, 0.25) is 11.8 Å². The molecule has 7 nitrogen and oxygen atoms in total. The molecular weight excluding hydrogens is 505 g/mol. The van der Waals surface area contributed by atoms with Crippen LogP contribution in [-0.4, -0.2) is 41.4 Å². The van der Waals surface area contributed by atoms with Crippen LogP contribution < -0.4 is 15.8 Å². The summed E-state index contributed by atoms with van der Waals surface area (Å²) in [5.41, 5.74) is 7.53. The zero-order valence-corrected chi connectivity index (χ0v) is 20.3. The SMILES string of the molecule is CCNC(=NCc1ccnc(OCc2ccccc2)c1)N1CCCC(CC(N)=O)C1.I. The number of likely N-dealkylation sites (tertiary alicyclic amines) is 1. The molecule has 0 bridgehead atoms. The number of guanidine groups is 1. The first-order valence-electron chi connectivity index (χ1n) is 10.6. The highest BCUT2D eigenvalue weighted by molar-refractivity contribution is 14.0. The van der Waals surface area contributed by atoms with Crippen molar-refractivity contribution in [2.75, 3.05) is 19.6 Å². The van der Waals surface area contributed by atoms with E-state index in [0.717, 1.165) is 49.6 Å². The summed E-state index contributed by atoms with van der Waals surface area (Å²) in [6.45, 7) is 5.60. The number of carbonyl (C=O) groups excluding carboxylic acids is 1. The van der Waals surface area contributed by atoms with Crippen LogP contribution in [0.5, 0.6) is 5.88 Å². The van der Waals surface area contributed by atoms with E-state index in [4.69, 9.17) is 15.5 Å². The number of aliphatic imine (C=N–C) groups is 1. The van der Waals surface area contributed by atoms with E-state index in [-0.39, 0.29) is 29.9 Å². The Hall–Kier alpha value is -2.36. The Balaban J connectivity index is 0.00000341.